The van der Waals surface area contributed by atoms with Gasteiger partial charge in [0.15, 0.2) is 5.65 Å². The largest absolute Gasteiger partial charge is 0.349 e. The summed E-state index contributed by atoms with van der Waals surface area (Å²) in [5.74, 6) is 0.633. The normalized spacial score (nSPS) is 10.8. The molecule has 5 heteroatoms. The number of rotatable bonds is 3. The Morgan fingerprint density at radius 2 is 2.16 bits per heavy atom. The third kappa shape index (κ3) is 2.40. The van der Waals surface area contributed by atoms with E-state index in [-0.39, 0.29) is 0 Å². The van der Waals surface area contributed by atoms with Gasteiger partial charge in [-0.2, -0.15) is 4.98 Å². The van der Waals surface area contributed by atoms with Crippen molar-refractivity contribution in [3.05, 3.63) is 53.5 Å². The summed E-state index contributed by atoms with van der Waals surface area (Å²) in [6, 6.07) is 6.02. The van der Waals surface area contributed by atoms with Gasteiger partial charge < -0.3 is 5.32 Å². The third-order valence-electron chi connectivity index (χ3n) is 3.08. The van der Waals surface area contributed by atoms with Gasteiger partial charge in [0.05, 0.1) is 0 Å². The van der Waals surface area contributed by atoms with Crippen molar-refractivity contribution in [2.45, 2.75) is 20.4 Å². The second-order valence-corrected chi connectivity index (χ2v) is 4.60. The smallest absolute Gasteiger partial charge is 0.243 e. The van der Waals surface area contributed by atoms with Crippen LogP contribution in [0.4, 0.5) is 5.95 Å². The Kier molecular flexibility index (Phi) is 2.87. The average Bonchev–Trinajstić information content (AvgIpc) is 2.79. The van der Waals surface area contributed by atoms with Crippen LogP contribution in [0, 0.1) is 13.8 Å². The Bertz CT molecular complexity index is 717. The molecule has 5 nitrogen and oxygen atoms in total. The number of pyridine rings is 2. The highest BCUT2D eigenvalue weighted by Gasteiger charge is 2.04. The van der Waals surface area contributed by atoms with Gasteiger partial charge in [0.1, 0.15) is 0 Å². The van der Waals surface area contributed by atoms with Gasteiger partial charge in [0.2, 0.25) is 5.95 Å². The van der Waals surface area contributed by atoms with Crippen LogP contribution < -0.4 is 5.32 Å². The van der Waals surface area contributed by atoms with Gasteiger partial charge in [-0.05, 0) is 48.7 Å². The molecule has 96 valence electrons. The van der Waals surface area contributed by atoms with Gasteiger partial charge in [-0.1, -0.05) is 0 Å². The molecular weight excluding hydrogens is 238 g/mol. The van der Waals surface area contributed by atoms with Crippen LogP contribution in [0.1, 0.15) is 16.7 Å². The molecule has 19 heavy (non-hydrogen) atoms. The number of nitrogens with zero attached hydrogens (tertiary/aromatic N) is 4. The molecule has 0 saturated carbocycles. The van der Waals surface area contributed by atoms with Crippen LogP contribution in [-0.2, 0) is 6.54 Å². The SMILES string of the molecule is Cc1ccn2nc(NCc3cnccc3C)nc2c1. The molecule has 0 radical (unpaired) electrons. The van der Waals surface area contributed by atoms with E-state index in [1.165, 1.54) is 11.1 Å². The predicted octanol–water partition coefficient (Wildman–Crippen LogP) is 2.35. The molecule has 0 saturated heterocycles. The Morgan fingerprint density at radius 3 is 3.00 bits per heavy atom. The molecule has 0 aliphatic heterocycles. The highest BCUT2D eigenvalue weighted by Crippen LogP contribution is 2.10. The zero-order chi connectivity index (χ0) is 13.2. The van der Waals surface area contributed by atoms with Crippen molar-refractivity contribution in [3.63, 3.8) is 0 Å². The van der Waals surface area contributed by atoms with E-state index in [0.29, 0.717) is 12.5 Å². The second-order valence-electron chi connectivity index (χ2n) is 4.60. The molecular formula is C14H15N5. The first kappa shape index (κ1) is 11.6. The van der Waals surface area contributed by atoms with Crippen molar-refractivity contribution in [1.82, 2.24) is 19.6 Å². The standard InChI is InChI=1S/C14H15N5/c1-10-4-6-19-13(7-10)17-14(18-19)16-9-12-8-15-5-3-11(12)2/h3-8H,9H2,1-2H3,(H,16,18). The van der Waals surface area contributed by atoms with E-state index in [4.69, 9.17) is 0 Å². The number of hydrogen-bond acceptors (Lipinski definition) is 4. The van der Waals surface area contributed by atoms with E-state index in [9.17, 15) is 0 Å². The van der Waals surface area contributed by atoms with Crippen LogP contribution in [0.3, 0.4) is 0 Å². The van der Waals surface area contributed by atoms with Crippen molar-refractivity contribution >= 4 is 11.6 Å². The molecule has 0 aliphatic carbocycles. The van der Waals surface area contributed by atoms with Crippen molar-refractivity contribution in [3.8, 4) is 0 Å². The molecule has 0 unspecified atom stereocenters. The molecule has 3 rings (SSSR count). The van der Waals surface area contributed by atoms with Gasteiger partial charge in [0.25, 0.3) is 0 Å². The number of aryl methyl sites for hydroxylation is 2. The van der Waals surface area contributed by atoms with E-state index in [0.717, 1.165) is 11.2 Å². The number of hydrogen-bond donors (Lipinski definition) is 1. The van der Waals surface area contributed by atoms with Crippen molar-refractivity contribution in [2.24, 2.45) is 0 Å². The molecule has 0 atom stereocenters. The van der Waals surface area contributed by atoms with Crippen LogP contribution in [-0.4, -0.2) is 19.6 Å². The van der Waals surface area contributed by atoms with Crippen LogP contribution in [0.25, 0.3) is 5.65 Å². The van der Waals surface area contributed by atoms with Gasteiger partial charge in [0, 0.05) is 25.1 Å². The fourth-order valence-electron chi connectivity index (χ4n) is 1.91. The van der Waals surface area contributed by atoms with Crippen LogP contribution in [0.15, 0.2) is 36.8 Å². The summed E-state index contributed by atoms with van der Waals surface area (Å²) < 4.78 is 1.77. The first-order valence-corrected chi connectivity index (χ1v) is 6.19. The Hall–Kier alpha value is -2.43. The van der Waals surface area contributed by atoms with E-state index in [1.807, 2.05) is 37.5 Å². The second kappa shape index (κ2) is 4.68. The maximum atomic E-state index is 4.44. The summed E-state index contributed by atoms with van der Waals surface area (Å²) >= 11 is 0. The van der Waals surface area contributed by atoms with Crippen LogP contribution >= 0.6 is 0 Å². The minimum Gasteiger partial charge on any atom is -0.349 e. The molecule has 1 N–H and O–H groups in total. The highest BCUT2D eigenvalue weighted by atomic mass is 15.3. The number of fused-ring (bicyclic) bond motifs is 1. The van der Waals surface area contributed by atoms with Crippen LogP contribution in [0.5, 0.6) is 0 Å². The highest BCUT2D eigenvalue weighted by molar-refractivity contribution is 5.45. The molecule has 0 amide bonds. The molecule has 3 aromatic heterocycles. The monoisotopic (exact) mass is 253 g/mol. The lowest BCUT2D eigenvalue weighted by Crippen LogP contribution is -2.03. The minimum absolute atomic E-state index is 0.633. The molecule has 3 aromatic rings. The summed E-state index contributed by atoms with van der Waals surface area (Å²) in [5.41, 5.74) is 4.39. The lowest BCUT2D eigenvalue weighted by molar-refractivity contribution is 0.944. The average molecular weight is 253 g/mol. The third-order valence-corrected chi connectivity index (χ3v) is 3.08. The molecule has 0 bridgehead atoms. The quantitative estimate of drug-likeness (QED) is 0.778. The number of nitrogens with one attached hydrogen (secondary N) is 1. The van der Waals surface area contributed by atoms with Gasteiger partial charge in [-0.3, -0.25) is 4.98 Å². The minimum atomic E-state index is 0.633. The summed E-state index contributed by atoms with van der Waals surface area (Å²) in [7, 11) is 0. The zero-order valence-electron chi connectivity index (χ0n) is 11.0. The van der Waals surface area contributed by atoms with E-state index in [1.54, 1.807) is 10.7 Å². The topological polar surface area (TPSA) is 55.1 Å². The maximum Gasteiger partial charge on any atom is 0.243 e. The molecule has 0 fully saturated rings. The van der Waals surface area contributed by atoms with Gasteiger partial charge in [-0.15, -0.1) is 5.10 Å². The summed E-state index contributed by atoms with van der Waals surface area (Å²) in [6.07, 6.45) is 5.57. The predicted molar refractivity (Wildman–Crippen MR) is 74.0 cm³/mol. The van der Waals surface area contributed by atoms with Gasteiger partial charge in [-0.25, -0.2) is 4.52 Å². The lowest BCUT2D eigenvalue weighted by Gasteiger charge is -2.04. The van der Waals surface area contributed by atoms with Crippen molar-refractivity contribution in [1.29, 1.82) is 0 Å². The van der Waals surface area contributed by atoms with E-state index in [2.05, 4.69) is 27.3 Å². The fourth-order valence-corrected chi connectivity index (χ4v) is 1.91. The first-order valence-electron chi connectivity index (χ1n) is 6.19. The Morgan fingerprint density at radius 1 is 1.26 bits per heavy atom. The van der Waals surface area contributed by atoms with Crippen molar-refractivity contribution in [2.75, 3.05) is 5.32 Å². The van der Waals surface area contributed by atoms with Gasteiger partial charge >= 0.3 is 0 Å². The summed E-state index contributed by atoms with van der Waals surface area (Å²) in [4.78, 5) is 8.56. The summed E-state index contributed by atoms with van der Waals surface area (Å²) in [5, 5.41) is 7.60. The number of anilines is 1. The molecule has 3 heterocycles. The number of aromatic nitrogens is 4. The Labute approximate surface area is 111 Å². The molecule has 0 aliphatic rings. The zero-order valence-corrected chi connectivity index (χ0v) is 11.0. The maximum absolute atomic E-state index is 4.44. The lowest BCUT2D eigenvalue weighted by atomic mass is 10.2. The Balaban J connectivity index is 1.80. The molecule has 0 spiro atoms. The molecule has 0 aromatic carbocycles. The van der Waals surface area contributed by atoms with Crippen molar-refractivity contribution < 1.29 is 0 Å². The van der Waals surface area contributed by atoms with Crippen LogP contribution in [0.2, 0.25) is 0 Å². The van der Waals surface area contributed by atoms with E-state index < -0.39 is 0 Å². The summed E-state index contributed by atoms with van der Waals surface area (Å²) in [6.45, 7) is 4.79. The first-order chi connectivity index (χ1) is 9.22. The van der Waals surface area contributed by atoms with E-state index >= 15 is 0 Å². The fraction of sp³-hybridized carbons (Fsp3) is 0.214.